The molecule has 13 heavy (non-hydrogen) atoms. The molecule has 0 aliphatic rings. The van der Waals surface area contributed by atoms with Gasteiger partial charge in [-0.05, 0) is 31.1 Å². The maximum Gasteiger partial charge on any atom is 0.106 e. The number of furan rings is 1. The Morgan fingerprint density at radius 3 is 2.77 bits per heavy atom. The van der Waals surface area contributed by atoms with Gasteiger partial charge in [0.25, 0.3) is 0 Å². The third-order valence-electron chi connectivity index (χ3n) is 2.56. The first-order chi connectivity index (χ1) is 6.25. The Morgan fingerprint density at radius 2 is 2.23 bits per heavy atom. The van der Waals surface area contributed by atoms with Gasteiger partial charge >= 0.3 is 0 Å². The minimum Gasteiger partial charge on any atom is -0.469 e. The lowest BCUT2D eigenvalue weighted by atomic mass is 9.94. The second-order valence-electron chi connectivity index (χ2n) is 3.59. The van der Waals surface area contributed by atoms with Gasteiger partial charge in [-0.3, -0.25) is 0 Å². The molecule has 1 heterocycles. The van der Waals surface area contributed by atoms with Crippen LogP contribution in [0.2, 0.25) is 0 Å². The van der Waals surface area contributed by atoms with Crippen LogP contribution >= 0.6 is 0 Å². The van der Waals surface area contributed by atoms with Crippen LogP contribution in [-0.4, -0.2) is 13.1 Å². The molecule has 0 saturated heterocycles. The molecule has 1 aromatic heterocycles. The largest absolute Gasteiger partial charge is 0.469 e. The van der Waals surface area contributed by atoms with E-state index in [1.54, 1.807) is 6.26 Å². The summed E-state index contributed by atoms with van der Waals surface area (Å²) < 4.78 is 5.37. The molecule has 1 N–H and O–H groups in total. The van der Waals surface area contributed by atoms with E-state index in [1.807, 2.05) is 12.1 Å². The van der Waals surface area contributed by atoms with Gasteiger partial charge in [0.15, 0.2) is 0 Å². The fourth-order valence-corrected chi connectivity index (χ4v) is 1.38. The monoisotopic (exact) mass is 181 g/mol. The van der Waals surface area contributed by atoms with Gasteiger partial charge in [0.2, 0.25) is 0 Å². The first-order valence-corrected chi connectivity index (χ1v) is 4.99. The quantitative estimate of drug-likeness (QED) is 0.755. The number of rotatable bonds is 5. The van der Waals surface area contributed by atoms with Crippen molar-refractivity contribution in [3.05, 3.63) is 24.2 Å². The fraction of sp³-hybridized carbons (Fsp3) is 0.636. The van der Waals surface area contributed by atoms with Crippen molar-refractivity contribution in [2.75, 3.05) is 13.1 Å². The Bertz CT molecular complexity index is 218. The number of hydrogen-bond donors (Lipinski definition) is 1. The lowest BCUT2D eigenvalue weighted by molar-refractivity contribution is 0.383. The topological polar surface area (TPSA) is 25.2 Å². The van der Waals surface area contributed by atoms with Crippen molar-refractivity contribution >= 4 is 0 Å². The van der Waals surface area contributed by atoms with Crippen molar-refractivity contribution in [3.63, 3.8) is 0 Å². The molecule has 2 atom stereocenters. The Hall–Kier alpha value is -0.760. The standard InChI is InChI=1S/C11H19NO/c1-4-12-8-9(2)10(3)11-6-5-7-13-11/h5-7,9-10,12H,4,8H2,1-3H3. The van der Waals surface area contributed by atoms with Crippen molar-refractivity contribution in [1.82, 2.24) is 5.32 Å². The molecule has 0 bridgehead atoms. The van der Waals surface area contributed by atoms with Gasteiger partial charge in [0, 0.05) is 5.92 Å². The van der Waals surface area contributed by atoms with E-state index in [1.165, 1.54) is 0 Å². The molecular formula is C11H19NO. The van der Waals surface area contributed by atoms with Crippen LogP contribution < -0.4 is 5.32 Å². The molecular weight excluding hydrogens is 162 g/mol. The Balaban J connectivity index is 2.43. The lowest BCUT2D eigenvalue weighted by Crippen LogP contribution is -2.23. The van der Waals surface area contributed by atoms with E-state index in [0.717, 1.165) is 18.8 Å². The molecule has 0 radical (unpaired) electrons. The second kappa shape index (κ2) is 5.07. The first-order valence-electron chi connectivity index (χ1n) is 4.99. The van der Waals surface area contributed by atoms with Crippen molar-refractivity contribution < 1.29 is 4.42 Å². The highest BCUT2D eigenvalue weighted by Gasteiger charge is 2.15. The molecule has 0 aliphatic heterocycles. The zero-order chi connectivity index (χ0) is 9.68. The third kappa shape index (κ3) is 2.88. The summed E-state index contributed by atoms with van der Waals surface area (Å²) >= 11 is 0. The van der Waals surface area contributed by atoms with Crippen LogP contribution in [0.15, 0.2) is 22.8 Å². The molecule has 0 spiro atoms. The fourth-order valence-electron chi connectivity index (χ4n) is 1.38. The summed E-state index contributed by atoms with van der Waals surface area (Å²) in [7, 11) is 0. The van der Waals surface area contributed by atoms with Crippen LogP contribution in [0.1, 0.15) is 32.4 Å². The average molecular weight is 181 g/mol. The molecule has 0 aliphatic carbocycles. The summed E-state index contributed by atoms with van der Waals surface area (Å²) in [5, 5.41) is 3.35. The van der Waals surface area contributed by atoms with Crippen molar-refractivity contribution in [1.29, 1.82) is 0 Å². The van der Waals surface area contributed by atoms with Crippen LogP contribution in [0.4, 0.5) is 0 Å². The van der Waals surface area contributed by atoms with Gasteiger partial charge < -0.3 is 9.73 Å². The van der Waals surface area contributed by atoms with Crippen LogP contribution in [0.3, 0.4) is 0 Å². The predicted molar refractivity (Wildman–Crippen MR) is 54.8 cm³/mol. The molecule has 2 unspecified atom stereocenters. The molecule has 0 aromatic carbocycles. The van der Waals surface area contributed by atoms with E-state index < -0.39 is 0 Å². The highest BCUT2D eigenvalue weighted by Crippen LogP contribution is 2.23. The molecule has 0 saturated carbocycles. The van der Waals surface area contributed by atoms with Crippen LogP contribution in [-0.2, 0) is 0 Å². The predicted octanol–water partition coefficient (Wildman–Crippen LogP) is 2.63. The zero-order valence-corrected chi connectivity index (χ0v) is 8.71. The van der Waals surface area contributed by atoms with E-state index in [0.29, 0.717) is 11.8 Å². The SMILES string of the molecule is CCNCC(C)C(C)c1ccco1. The summed E-state index contributed by atoms with van der Waals surface area (Å²) in [6.45, 7) is 8.68. The summed E-state index contributed by atoms with van der Waals surface area (Å²) in [6, 6.07) is 4.00. The maximum atomic E-state index is 5.37. The molecule has 0 fully saturated rings. The van der Waals surface area contributed by atoms with Gasteiger partial charge in [0.05, 0.1) is 6.26 Å². The molecule has 2 heteroatoms. The smallest absolute Gasteiger partial charge is 0.106 e. The zero-order valence-electron chi connectivity index (χ0n) is 8.71. The Kier molecular flexibility index (Phi) is 4.03. The molecule has 1 aromatic rings. The van der Waals surface area contributed by atoms with Crippen molar-refractivity contribution in [2.45, 2.75) is 26.7 Å². The number of hydrogen-bond acceptors (Lipinski definition) is 2. The molecule has 2 nitrogen and oxygen atoms in total. The first kappa shape index (κ1) is 10.3. The van der Waals surface area contributed by atoms with Gasteiger partial charge in [0.1, 0.15) is 5.76 Å². The van der Waals surface area contributed by atoms with Gasteiger partial charge in [-0.25, -0.2) is 0 Å². The summed E-state index contributed by atoms with van der Waals surface area (Å²) in [6.07, 6.45) is 1.74. The Morgan fingerprint density at radius 1 is 1.46 bits per heavy atom. The van der Waals surface area contributed by atoms with E-state index in [-0.39, 0.29) is 0 Å². The second-order valence-corrected chi connectivity index (χ2v) is 3.59. The Labute approximate surface area is 80.3 Å². The van der Waals surface area contributed by atoms with E-state index >= 15 is 0 Å². The van der Waals surface area contributed by atoms with Gasteiger partial charge in [-0.15, -0.1) is 0 Å². The molecule has 0 amide bonds. The minimum atomic E-state index is 0.494. The van der Waals surface area contributed by atoms with Crippen molar-refractivity contribution in [3.8, 4) is 0 Å². The van der Waals surface area contributed by atoms with Gasteiger partial charge in [-0.2, -0.15) is 0 Å². The average Bonchev–Trinajstić information content (AvgIpc) is 2.65. The number of nitrogens with one attached hydrogen (secondary N) is 1. The van der Waals surface area contributed by atoms with E-state index in [4.69, 9.17) is 4.42 Å². The molecule has 74 valence electrons. The van der Waals surface area contributed by atoms with Crippen LogP contribution in [0.25, 0.3) is 0 Å². The van der Waals surface area contributed by atoms with E-state index in [9.17, 15) is 0 Å². The minimum absolute atomic E-state index is 0.494. The van der Waals surface area contributed by atoms with Crippen LogP contribution in [0, 0.1) is 5.92 Å². The molecule has 1 rings (SSSR count). The van der Waals surface area contributed by atoms with Gasteiger partial charge in [-0.1, -0.05) is 20.8 Å². The highest BCUT2D eigenvalue weighted by atomic mass is 16.3. The van der Waals surface area contributed by atoms with Crippen molar-refractivity contribution in [2.24, 2.45) is 5.92 Å². The summed E-state index contributed by atoms with van der Waals surface area (Å²) in [4.78, 5) is 0. The van der Waals surface area contributed by atoms with E-state index in [2.05, 4.69) is 26.1 Å². The lowest BCUT2D eigenvalue weighted by Gasteiger charge is -2.17. The summed E-state index contributed by atoms with van der Waals surface area (Å²) in [5.74, 6) is 2.20. The third-order valence-corrected chi connectivity index (χ3v) is 2.56. The maximum absolute atomic E-state index is 5.37. The summed E-state index contributed by atoms with van der Waals surface area (Å²) in [5.41, 5.74) is 0. The normalized spacial score (nSPS) is 15.6. The van der Waals surface area contributed by atoms with Crippen LogP contribution in [0.5, 0.6) is 0 Å². The highest BCUT2D eigenvalue weighted by molar-refractivity contribution is 5.05.